The van der Waals surface area contributed by atoms with Gasteiger partial charge in [0.05, 0.1) is 5.71 Å². The van der Waals surface area contributed by atoms with Crippen molar-refractivity contribution in [3.05, 3.63) is 64.7 Å². The van der Waals surface area contributed by atoms with Crippen molar-refractivity contribution >= 4 is 23.2 Å². The third-order valence-electron chi connectivity index (χ3n) is 3.00. The van der Waals surface area contributed by atoms with Crippen molar-refractivity contribution in [2.75, 3.05) is 6.61 Å². The van der Waals surface area contributed by atoms with Crippen molar-refractivity contribution in [2.45, 2.75) is 13.8 Å². The molecule has 0 aliphatic carbocycles. The van der Waals surface area contributed by atoms with E-state index in [1.54, 1.807) is 12.1 Å². The van der Waals surface area contributed by atoms with Crippen LogP contribution in [0.3, 0.4) is 0 Å². The van der Waals surface area contributed by atoms with Gasteiger partial charge in [0, 0.05) is 5.02 Å². The number of benzene rings is 2. The number of halogens is 1. The van der Waals surface area contributed by atoms with Gasteiger partial charge in [-0.15, -0.1) is 0 Å². The van der Waals surface area contributed by atoms with Gasteiger partial charge in [-0.3, -0.25) is 4.79 Å². The monoisotopic (exact) mass is 316 g/mol. The minimum absolute atomic E-state index is 0.0829. The van der Waals surface area contributed by atoms with Crippen molar-refractivity contribution in [3.63, 3.8) is 0 Å². The molecule has 0 saturated carbocycles. The van der Waals surface area contributed by atoms with Crippen LogP contribution in [0, 0.1) is 6.92 Å². The van der Waals surface area contributed by atoms with E-state index in [1.165, 1.54) is 0 Å². The zero-order valence-electron chi connectivity index (χ0n) is 12.5. The van der Waals surface area contributed by atoms with Crippen molar-refractivity contribution < 1.29 is 9.53 Å². The summed E-state index contributed by atoms with van der Waals surface area (Å²) in [6, 6.07) is 14.7. The van der Waals surface area contributed by atoms with Gasteiger partial charge in [0.1, 0.15) is 5.75 Å². The maximum absolute atomic E-state index is 11.7. The second kappa shape index (κ2) is 7.61. The second-order valence-corrected chi connectivity index (χ2v) is 5.28. The van der Waals surface area contributed by atoms with Crippen LogP contribution in [0.25, 0.3) is 0 Å². The molecule has 0 heterocycles. The van der Waals surface area contributed by atoms with Gasteiger partial charge in [-0.2, -0.15) is 5.10 Å². The van der Waals surface area contributed by atoms with Crippen LogP contribution in [0.15, 0.2) is 53.6 Å². The Morgan fingerprint density at radius 3 is 2.41 bits per heavy atom. The fourth-order valence-corrected chi connectivity index (χ4v) is 1.84. The number of hydrogen-bond donors (Lipinski definition) is 1. The highest BCUT2D eigenvalue weighted by atomic mass is 35.5. The number of amides is 1. The number of hydrogen-bond acceptors (Lipinski definition) is 3. The van der Waals surface area contributed by atoms with E-state index < -0.39 is 0 Å². The molecule has 0 saturated heterocycles. The number of aryl methyl sites for hydroxylation is 1. The molecule has 0 aliphatic heterocycles. The van der Waals surface area contributed by atoms with Gasteiger partial charge in [0.25, 0.3) is 5.91 Å². The predicted molar refractivity (Wildman–Crippen MR) is 88.5 cm³/mol. The minimum Gasteiger partial charge on any atom is -0.484 e. The second-order valence-electron chi connectivity index (χ2n) is 4.84. The van der Waals surface area contributed by atoms with Crippen LogP contribution in [0.5, 0.6) is 5.75 Å². The third kappa shape index (κ3) is 4.90. The van der Waals surface area contributed by atoms with E-state index in [2.05, 4.69) is 10.5 Å². The van der Waals surface area contributed by atoms with E-state index in [1.807, 2.05) is 50.2 Å². The molecular formula is C17H17ClN2O2. The highest BCUT2D eigenvalue weighted by Crippen LogP contribution is 2.11. The van der Waals surface area contributed by atoms with E-state index >= 15 is 0 Å². The standard InChI is InChI=1S/C17H17ClN2O2/c1-12-3-9-16(10-4-12)22-11-17(21)20-19-13(2)14-5-7-15(18)8-6-14/h3-10H,11H2,1-2H3,(H,20,21)/b19-13+. The van der Waals surface area contributed by atoms with Crippen LogP contribution in [-0.2, 0) is 4.79 Å². The normalized spacial score (nSPS) is 11.1. The Hall–Kier alpha value is -2.33. The molecule has 1 amide bonds. The molecule has 2 aromatic carbocycles. The van der Waals surface area contributed by atoms with Crippen LogP contribution in [-0.4, -0.2) is 18.2 Å². The molecule has 0 unspecified atom stereocenters. The van der Waals surface area contributed by atoms with Gasteiger partial charge >= 0.3 is 0 Å². The molecule has 2 rings (SSSR count). The molecule has 0 fully saturated rings. The summed E-state index contributed by atoms with van der Waals surface area (Å²) in [5.74, 6) is 0.341. The SMILES string of the molecule is C/C(=N\NC(=O)COc1ccc(C)cc1)c1ccc(Cl)cc1. The molecule has 0 spiro atoms. The summed E-state index contributed by atoms with van der Waals surface area (Å²) in [7, 11) is 0. The first-order valence-corrected chi connectivity index (χ1v) is 7.21. The molecule has 0 atom stereocenters. The highest BCUT2D eigenvalue weighted by molar-refractivity contribution is 6.30. The zero-order valence-corrected chi connectivity index (χ0v) is 13.2. The van der Waals surface area contributed by atoms with E-state index in [0.29, 0.717) is 16.5 Å². The Morgan fingerprint density at radius 2 is 1.77 bits per heavy atom. The molecule has 2 aromatic rings. The first-order valence-electron chi connectivity index (χ1n) is 6.83. The minimum atomic E-state index is -0.311. The number of carbonyl (C=O) groups excluding carboxylic acids is 1. The summed E-state index contributed by atoms with van der Waals surface area (Å²) in [6.45, 7) is 3.72. The molecule has 4 nitrogen and oxygen atoms in total. The molecular weight excluding hydrogens is 300 g/mol. The average molecular weight is 317 g/mol. The number of nitrogens with zero attached hydrogens (tertiary/aromatic N) is 1. The lowest BCUT2D eigenvalue weighted by atomic mass is 10.1. The van der Waals surface area contributed by atoms with Gasteiger partial charge in [-0.1, -0.05) is 41.4 Å². The van der Waals surface area contributed by atoms with Crippen molar-refractivity contribution in [1.82, 2.24) is 5.43 Å². The number of carbonyl (C=O) groups is 1. The van der Waals surface area contributed by atoms with Crippen LogP contribution < -0.4 is 10.2 Å². The van der Waals surface area contributed by atoms with E-state index in [0.717, 1.165) is 11.1 Å². The smallest absolute Gasteiger partial charge is 0.277 e. The Kier molecular flexibility index (Phi) is 5.55. The Labute approximate surface area is 134 Å². The molecule has 0 aliphatic rings. The summed E-state index contributed by atoms with van der Waals surface area (Å²) in [6.07, 6.45) is 0. The largest absolute Gasteiger partial charge is 0.484 e. The molecule has 0 aromatic heterocycles. The Balaban J connectivity index is 1.85. The Bertz CT molecular complexity index is 664. The van der Waals surface area contributed by atoms with Crippen molar-refractivity contribution in [1.29, 1.82) is 0 Å². The summed E-state index contributed by atoms with van der Waals surface area (Å²) in [5.41, 5.74) is 5.19. The van der Waals surface area contributed by atoms with E-state index in [4.69, 9.17) is 16.3 Å². The molecule has 0 bridgehead atoms. The lowest BCUT2D eigenvalue weighted by molar-refractivity contribution is -0.123. The number of rotatable bonds is 5. The first-order chi connectivity index (χ1) is 10.5. The number of ether oxygens (including phenoxy) is 1. The van der Waals surface area contributed by atoms with Crippen LogP contribution in [0.1, 0.15) is 18.1 Å². The maximum Gasteiger partial charge on any atom is 0.277 e. The summed E-state index contributed by atoms with van der Waals surface area (Å²) in [5, 5.41) is 4.70. The molecule has 5 heteroatoms. The van der Waals surface area contributed by atoms with E-state index in [9.17, 15) is 4.79 Å². The van der Waals surface area contributed by atoms with Crippen molar-refractivity contribution in [2.24, 2.45) is 5.10 Å². The van der Waals surface area contributed by atoms with Gasteiger partial charge in [-0.05, 0) is 43.7 Å². The topological polar surface area (TPSA) is 50.7 Å². The third-order valence-corrected chi connectivity index (χ3v) is 3.25. The molecule has 1 N–H and O–H groups in total. The molecule has 114 valence electrons. The van der Waals surface area contributed by atoms with Gasteiger partial charge < -0.3 is 4.74 Å². The summed E-state index contributed by atoms with van der Waals surface area (Å²) < 4.78 is 5.38. The number of nitrogens with one attached hydrogen (secondary N) is 1. The fraction of sp³-hybridized carbons (Fsp3) is 0.176. The quantitative estimate of drug-likeness (QED) is 0.677. The van der Waals surface area contributed by atoms with E-state index in [-0.39, 0.29) is 12.5 Å². The fourth-order valence-electron chi connectivity index (χ4n) is 1.72. The summed E-state index contributed by atoms with van der Waals surface area (Å²) in [4.78, 5) is 11.7. The van der Waals surface area contributed by atoms with Gasteiger partial charge in [-0.25, -0.2) is 5.43 Å². The molecule has 0 radical (unpaired) electrons. The summed E-state index contributed by atoms with van der Waals surface area (Å²) >= 11 is 5.83. The Morgan fingerprint density at radius 1 is 1.14 bits per heavy atom. The lowest BCUT2D eigenvalue weighted by Gasteiger charge is -2.06. The number of hydrazone groups is 1. The maximum atomic E-state index is 11.7. The van der Waals surface area contributed by atoms with Crippen LogP contribution in [0.2, 0.25) is 5.02 Å². The van der Waals surface area contributed by atoms with Crippen LogP contribution in [0.4, 0.5) is 0 Å². The first kappa shape index (κ1) is 16.0. The predicted octanol–water partition coefficient (Wildman–Crippen LogP) is 3.57. The average Bonchev–Trinajstić information content (AvgIpc) is 2.52. The van der Waals surface area contributed by atoms with Crippen LogP contribution >= 0.6 is 11.6 Å². The zero-order chi connectivity index (χ0) is 15.9. The van der Waals surface area contributed by atoms with Crippen molar-refractivity contribution in [3.8, 4) is 5.75 Å². The van der Waals surface area contributed by atoms with Gasteiger partial charge in [0.15, 0.2) is 6.61 Å². The molecule has 22 heavy (non-hydrogen) atoms. The van der Waals surface area contributed by atoms with Gasteiger partial charge in [0.2, 0.25) is 0 Å². The lowest BCUT2D eigenvalue weighted by Crippen LogP contribution is -2.25. The highest BCUT2D eigenvalue weighted by Gasteiger charge is 2.03.